The Morgan fingerprint density at radius 2 is 1.64 bits per heavy atom. The molecule has 1 aliphatic carbocycles. The summed E-state index contributed by atoms with van der Waals surface area (Å²) in [5.74, 6) is -1.78. The largest absolute Gasteiger partial charge is 0.494 e. The highest BCUT2D eigenvalue weighted by Crippen LogP contribution is 2.47. The Morgan fingerprint density at radius 3 is 2.23 bits per heavy atom. The molecule has 1 saturated heterocycles. The highest BCUT2D eigenvalue weighted by molar-refractivity contribution is 7.91. The van der Waals surface area contributed by atoms with Gasteiger partial charge in [0.2, 0.25) is 10.0 Å². The van der Waals surface area contributed by atoms with Crippen LogP contribution in [0.15, 0.2) is 59.0 Å². The van der Waals surface area contributed by atoms with Crippen LogP contribution in [0.1, 0.15) is 67.9 Å². The summed E-state index contributed by atoms with van der Waals surface area (Å²) >= 11 is 0. The molecule has 1 aromatic heterocycles. The summed E-state index contributed by atoms with van der Waals surface area (Å²) in [5, 5.41) is 3.14. The molecule has 44 heavy (non-hydrogen) atoms. The molecule has 2 heterocycles. The second-order valence-corrected chi connectivity index (χ2v) is 14.1. The normalized spacial score (nSPS) is 17.7. The SMILES string of the molecule is CNC(=O)c1c(-c2ccc(F)cc2)oc2cc(NS(=O)(=O)Cc3ccc(B4OC(C)(C)C(C)(C)O4)cc3F)c(C3CC3)cc12. The minimum Gasteiger partial charge on any atom is -0.455 e. The molecule has 230 valence electrons. The van der Waals surface area contributed by atoms with Crippen molar-refractivity contribution in [3.05, 3.63) is 82.9 Å². The van der Waals surface area contributed by atoms with Gasteiger partial charge in [-0.1, -0.05) is 12.1 Å². The Labute approximate surface area is 255 Å². The molecule has 3 aromatic carbocycles. The fourth-order valence-electron chi connectivity index (χ4n) is 5.35. The summed E-state index contributed by atoms with van der Waals surface area (Å²) in [5.41, 5.74) is 1.31. The molecule has 1 amide bonds. The van der Waals surface area contributed by atoms with Crippen LogP contribution in [0.2, 0.25) is 0 Å². The summed E-state index contributed by atoms with van der Waals surface area (Å²) in [4.78, 5) is 13.0. The maximum Gasteiger partial charge on any atom is 0.494 e. The van der Waals surface area contributed by atoms with Gasteiger partial charge in [0, 0.05) is 29.6 Å². The predicted octanol–water partition coefficient (Wildman–Crippen LogP) is 5.86. The number of benzene rings is 3. The molecule has 2 aliphatic rings. The maximum atomic E-state index is 15.2. The standard InChI is InChI=1S/C32H33BF2N2O6S/c1-31(2)32(3,4)43-33(42-31)21-11-8-20(25(35)14-21)17-44(39,40)37-26-16-27-24(15-23(26)18-6-7-18)28(30(38)36-5)29(41-27)19-9-12-22(34)13-10-19/h8-16,18,37H,6-7,17H2,1-5H3,(H,36,38). The van der Waals surface area contributed by atoms with Gasteiger partial charge in [0.05, 0.1) is 28.2 Å². The van der Waals surface area contributed by atoms with Crippen LogP contribution < -0.4 is 15.5 Å². The Morgan fingerprint density at radius 1 is 0.977 bits per heavy atom. The van der Waals surface area contributed by atoms with Gasteiger partial charge in [0.15, 0.2) is 0 Å². The summed E-state index contributed by atoms with van der Waals surface area (Å²) in [6, 6.07) is 13.2. The zero-order chi connectivity index (χ0) is 31.6. The van der Waals surface area contributed by atoms with E-state index in [2.05, 4.69) is 10.0 Å². The van der Waals surface area contributed by atoms with Crippen LogP contribution in [0.25, 0.3) is 22.3 Å². The van der Waals surface area contributed by atoms with Crippen molar-refractivity contribution in [2.75, 3.05) is 11.8 Å². The number of sulfonamides is 1. The average molecular weight is 622 g/mol. The molecule has 2 N–H and O–H groups in total. The van der Waals surface area contributed by atoms with Crippen molar-refractivity contribution in [1.29, 1.82) is 0 Å². The molecular formula is C32H33BF2N2O6S. The molecule has 2 fully saturated rings. The number of carbonyl (C=O) groups excluding carboxylic acids is 1. The fraction of sp³-hybridized carbons (Fsp3) is 0.344. The first-order valence-corrected chi connectivity index (χ1v) is 16.1. The van der Waals surface area contributed by atoms with Crippen LogP contribution in [0.5, 0.6) is 0 Å². The van der Waals surface area contributed by atoms with Crippen molar-refractivity contribution in [2.45, 2.75) is 63.4 Å². The van der Waals surface area contributed by atoms with Gasteiger partial charge in [-0.3, -0.25) is 9.52 Å². The lowest BCUT2D eigenvalue weighted by Crippen LogP contribution is -2.41. The lowest BCUT2D eigenvalue weighted by atomic mass is 9.79. The smallest absolute Gasteiger partial charge is 0.455 e. The van der Waals surface area contributed by atoms with E-state index in [1.807, 2.05) is 27.7 Å². The van der Waals surface area contributed by atoms with Gasteiger partial charge in [-0.05, 0) is 93.9 Å². The second kappa shape index (κ2) is 10.7. The van der Waals surface area contributed by atoms with Crippen molar-refractivity contribution in [1.82, 2.24) is 5.32 Å². The molecule has 1 aliphatic heterocycles. The van der Waals surface area contributed by atoms with Crippen LogP contribution in [-0.2, 0) is 25.1 Å². The quantitative estimate of drug-likeness (QED) is 0.239. The number of fused-ring (bicyclic) bond motifs is 1. The van der Waals surface area contributed by atoms with E-state index in [4.69, 9.17) is 13.7 Å². The van der Waals surface area contributed by atoms with E-state index < -0.39 is 51.6 Å². The monoisotopic (exact) mass is 622 g/mol. The summed E-state index contributed by atoms with van der Waals surface area (Å²) in [7, 11) is -3.35. The van der Waals surface area contributed by atoms with Crippen molar-refractivity contribution in [3.8, 4) is 11.3 Å². The minimum absolute atomic E-state index is 0.00897. The molecule has 12 heteroatoms. The molecule has 8 nitrogen and oxygen atoms in total. The number of amides is 1. The molecular weight excluding hydrogens is 589 g/mol. The number of hydrogen-bond donors (Lipinski definition) is 2. The van der Waals surface area contributed by atoms with Crippen LogP contribution in [0, 0.1) is 11.6 Å². The van der Waals surface area contributed by atoms with Crippen LogP contribution >= 0.6 is 0 Å². The number of nitrogens with one attached hydrogen (secondary N) is 2. The van der Waals surface area contributed by atoms with Crippen LogP contribution in [0.3, 0.4) is 0 Å². The highest BCUT2D eigenvalue weighted by Gasteiger charge is 2.51. The molecule has 1 saturated carbocycles. The Balaban J connectivity index is 1.31. The summed E-state index contributed by atoms with van der Waals surface area (Å²) in [6.07, 6.45) is 1.71. The van der Waals surface area contributed by atoms with E-state index in [1.165, 1.54) is 43.4 Å². The van der Waals surface area contributed by atoms with Crippen molar-refractivity contribution in [3.63, 3.8) is 0 Å². The highest BCUT2D eigenvalue weighted by atomic mass is 32.2. The number of carbonyl (C=O) groups is 1. The van der Waals surface area contributed by atoms with E-state index in [1.54, 1.807) is 18.2 Å². The van der Waals surface area contributed by atoms with Gasteiger partial charge in [0.25, 0.3) is 5.91 Å². The van der Waals surface area contributed by atoms with E-state index in [0.29, 0.717) is 27.7 Å². The van der Waals surface area contributed by atoms with Crippen molar-refractivity contribution < 1.29 is 35.7 Å². The fourth-order valence-corrected chi connectivity index (χ4v) is 6.58. The van der Waals surface area contributed by atoms with Gasteiger partial charge in [-0.25, -0.2) is 17.2 Å². The van der Waals surface area contributed by atoms with Crippen LogP contribution in [0.4, 0.5) is 14.5 Å². The van der Waals surface area contributed by atoms with Gasteiger partial charge in [-0.15, -0.1) is 0 Å². The maximum absolute atomic E-state index is 15.2. The number of furan rings is 1. The van der Waals surface area contributed by atoms with E-state index in [9.17, 15) is 17.6 Å². The van der Waals surface area contributed by atoms with E-state index >= 15 is 4.39 Å². The third kappa shape index (κ3) is 5.62. The summed E-state index contributed by atoms with van der Waals surface area (Å²) < 4.78 is 76.3. The molecule has 6 rings (SSSR count). The number of hydrogen-bond acceptors (Lipinski definition) is 6. The molecule has 0 spiro atoms. The Hall–Kier alpha value is -3.74. The first kappa shape index (κ1) is 30.3. The van der Waals surface area contributed by atoms with Gasteiger partial charge in [-0.2, -0.15) is 0 Å². The van der Waals surface area contributed by atoms with Crippen molar-refractivity contribution in [2.24, 2.45) is 0 Å². The predicted molar refractivity (Wildman–Crippen MR) is 165 cm³/mol. The molecule has 0 unspecified atom stereocenters. The lowest BCUT2D eigenvalue weighted by molar-refractivity contribution is 0.00578. The van der Waals surface area contributed by atoms with Gasteiger partial charge in [0.1, 0.15) is 23.0 Å². The Bertz CT molecular complexity index is 1870. The van der Waals surface area contributed by atoms with Crippen molar-refractivity contribution >= 4 is 45.2 Å². The summed E-state index contributed by atoms with van der Waals surface area (Å²) in [6.45, 7) is 7.59. The minimum atomic E-state index is -4.07. The third-order valence-corrected chi connectivity index (χ3v) is 9.87. The zero-order valence-electron chi connectivity index (χ0n) is 25.1. The first-order chi connectivity index (χ1) is 20.7. The zero-order valence-corrected chi connectivity index (χ0v) is 25.9. The first-order valence-electron chi connectivity index (χ1n) is 14.4. The van der Waals surface area contributed by atoms with Crippen LogP contribution in [-0.4, -0.2) is 39.7 Å². The van der Waals surface area contributed by atoms with Gasteiger partial charge >= 0.3 is 7.12 Å². The van der Waals surface area contributed by atoms with Gasteiger partial charge < -0.3 is 19.0 Å². The average Bonchev–Trinajstić information content (AvgIpc) is 3.68. The second-order valence-electron chi connectivity index (χ2n) is 12.4. The molecule has 0 bridgehead atoms. The van der Waals surface area contributed by atoms with E-state index in [0.717, 1.165) is 12.8 Å². The molecule has 4 aromatic rings. The Kier molecular flexibility index (Phi) is 7.38. The molecule has 0 radical (unpaired) electrons. The third-order valence-electron chi connectivity index (χ3n) is 8.65. The number of anilines is 1. The number of rotatable bonds is 8. The molecule has 0 atom stereocenters. The number of halogens is 2. The topological polar surface area (TPSA) is 107 Å². The lowest BCUT2D eigenvalue weighted by Gasteiger charge is -2.32. The van der Waals surface area contributed by atoms with E-state index in [-0.39, 0.29) is 28.4 Å².